The molecule has 0 spiro atoms. The Morgan fingerprint density at radius 1 is 1.67 bits per heavy atom. The van der Waals surface area contributed by atoms with Crippen molar-refractivity contribution in [1.82, 2.24) is 5.32 Å². The second-order valence-electron chi connectivity index (χ2n) is 2.63. The van der Waals surface area contributed by atoms with Gasteiger partial charge in [0.15, 0.2) is 0 Å². The van der Waals surface area contributed by atoms with E-state index >= 15 is 0 Å². The first-order valence-corrected chi connectivity index (χ1v) is 3.83. The third kappa shape index (κ3) is 4.54. The maximum atomic E-state index is 10.2. The number of morpholine rings is 1. The first-order valence-electron chi connectivity index (χ1n) is 3.83. The molecule has 1 heterocycles. The number of halogens is 1. The highest BCUT2D eigenvalue weighted by Gasteiger charge is 2.13. The van der Waals surface area contributed by atoms with Gasteiger partial charge < -0.3 is 15.2 Å². The van der Waals surface area contributed by atoms with Crippen LogP contribution in [0, 0.1) is 0 Å². The predicted molar refractivity (Wildman–Crippen MR) is 46.7 cm³/mol. The van der Waals surface area contributed by atoms with Crippen molar-refractivity contribution in [3.8, 4) is 0 Å². The summed E-state index contributed by atoms with van der Waals surface area (Å²) in [6.07, 6.45) is 0.911. The molecule has 72 valence electrons. The van der Waals surface area contributed by atoms with E-state index in [0.29, 0.717) is 13.0 Å². The molecule has 0 aromatic heterocycles. The number of nitrogens with one attached hydrogen (secondary N) is 1. The molecule has 0 aliphatic carbocycles. The molecule has 2 N–H and O–H groups in total. The number of ether oxygens (including phenoxy) is 1. The molecule has 1 aliphatic heterocycles. The van der Waals surface area contributed by atoms with E-state index in [1.54, 1.807) is 0 Å². The number of hydrogen-bond donors (Lipinski definition) is 2. The summed E-state index contributed by atoms with van der Waals surface area (Å²) in [5.41, 5.74) is 0. The molecule has 1 aliphatic rings. The standard InChI is InChI=1S/C7H13NO3.ClH/c9-7(10)2-1-6-5-8-3-4-11-6;/h6,8H,1-5H2,(H,9,10);1H/t6-;/m0./s1. The van der Waals surface area contributed by atoms with Crippen molar-refractivity contribution in [2.24, 2.45) is 0 Å². The van der Waals surface area contributed by atoms with Crippen LogP contribution in [0.15, 0.2) is 0 Å². The normalized spacial score (nSPS) is 22.8. The van der Waals surface area contributed by atoms with Gasteiger partial charge in [-0.25, -0.2) is 0 Å². The quantitative estimate of drug-likeness (QED) is 0.679. The average Bonchev–Trinajstić information content (AvgIpc) is 2.03. The van der Waals surface area contributed by atoms with Crippen molar-refractivity contribution >= 4 is 18.4 Å². The van der Waals surface area contributed by atoms with Crippen molar-refractivity contribution in [3.63, 3.8) is 0 Å². The molecule has 0 unspecified atom stereocenters. The predicted octanol–water partition coefficient (Wildman–Crippen LogP) is 0.261. The van der Waals surface area contributed by atoms with Crippen LogP contribution < -0.4 is 5.32 Å². The average molecular weight is 196 g/mol. The molecular formula is C7H14ClNO3. The summed E-state index contributed by atoms with van der Waals surface area (Å²) in [4.78, 5) is 10.2. The maximum Gasteiger partial charge on any atom is 0.303 e. The van der Waals surface area contributed by atoms with Crippen LogP contribution in [0.25, 0.3) is 0 Å². The summed E-state index contributed by atoms with van der Waals surface area (Å²) in [7, 11) is 0. The van der Waals surface area contributed by atoms with Gasteiger partial charge in [0.1, 0.15) is 0 Å². The lowest BCUT2D eigenvalue weighted by atomic mass is 10.2. The Morgan fingerprint density at radius 2 is 2.42 bits per heavy atom. The highest BCUT2D eigenvalue weighted by Crippen LogP contribution is 2.03. The Labute approximate surface area is 77.7 Å². The third-order valence-corrected chi connectivity index (χ3v) is 1.68. The molecule has 5 heteroatoms. The zero-order valence-electron chi connectivity index (χ0n) is 6.78. The SMILES string of the molecule is Cl.O=C(O)CC[C@H]1CNCCO1. The van der Waals surface area contributed by atoms with E-state index in [0.717, 1.165) is 13.1 Å². The lowest BCUT2D eigenvalue weighted by Crippen LogP contribution is -2.38. The van der Waals surface area contributed by atoms with Gasteiger partial charge >= 0.3 is 5.97 Å². The Bertz CT molecular complexity index is 137. The summed E-state index contributed by atoms with van der Waals surface area (Å²) >= 11 is 0. The largest absolute Gasteiger partial charge is 0.481 e. The van der Waals surface area contributed by atoms with E-state index in [4.69, 9.17) is 9.84 Å². The van der Waals surface area contributed by atoms with E-state index in [9.17, 15) is 4.79 Å². The number of rotatable bonds is 3. The van der Waals surface area contributed by atoms with Crippen LogP contribution in [0.5, 0.6) is 0 Å². The van der Waals surface area contributed by atoms with Crippen LogP contribution >= 0.6 is 12.4 Å². The van der Waals surface area contributed by atoms with Crippen LogP contribution in [-0.2, 0) is 9.53 Å². The molecule has 0 aromatic carbocycles. The van der Waals surface area contributed by atoms with Gasteiger partial charge in [-0.2, -0.15) is 0 Å². The van der Waals surface area contributed by atoms with E-state index in [2.05, 4.69) is 5.32 Å². The van der Waals surface area contributed by atoms with Crippen LogP contribution in [0.1, 0.15) is 12.8 Å². The Kier molecular flexibility index (Phi) is 6.06. The summed E-state index contributed by atoms with van der Waals surface area (Å²) in [5, 5.41) is 11.5. The Balaban J connectivity index is 0.00000121. The van der Waals surface area contributed by atoms with Crippen LogP contribution in [0.3, 0.4) is 0 Å². The fraction of sp³-hybridized carbons (Fsp3) is 0.857. The van der Waals surface area contributed by atoms with Crippen LogP contribution in [-0.4, -0.2) is 36.9 Å². The highest BCUT2D eigenvalue weighted by atomic mass is 35.5. The van der Waals surface area contributed by atoms with Gasteiger partial charge in [-0.05, 0) is 6.42 Å². The minimum absolute atomic E-state index is 0. The monoisotopic (exact) mass is 195 g/mol. The minimum atomic E-state index is -0.751. The van der Waals surface area contributed by atoms with Crippen molar-refractivity contribution < 1.29 is 14.6 Å². The van der Waals surface area contributed by atoms with Gasteiger partial charge in [-0.15, -0.1) is 12.4 Å². The van der Waals surface area contributed by atoms with Crippen molar-refractivity contribution in [2.75, 3.05) is 19.7 Å². The van der Waals surface area contributed by atoms with Gasteiger partial charge in [0.2, 0.25) is 0 Å². The van der Waals surface area contributed by atoms with Crippen molar-refractivity contribution in [2.45, 2.75) is 18.9 Å². The molecular weight excluding hydrogens is 182 g/mol. The summed E-state index contributed by atoms with van der Waals surface area (Å²) in [6, 6.07) is 0. The highest BCUT2D eigenvalue weighted by molar-refractivity contribution is 5.85. The van der Waals surface area contributed by atoms with Crippen LogP contribution in [0.4, 0.5) is 0 Å². The molecule has 12 heavy (non-hydrogen) atoms. The Hall–Kier alpha value is -0.320. The molecule has 1 rings (SSSR count). The first kappa shape index (κ1) is 11.7. The molecule has 0 amide bonds. The van der Waals surface area contributed by atoms with Crippen LogP contribution in [0.2, 0.25) is 0 Å². The lowest BCUT2D eigenvalue weighted by molar-refractivity contribution is -0.138. The zero-order chi connectivity index (χ0) is 8.10. The molecule has 4 nitrogen and oxygen atoms in total. The number of carbonyl (C=O) groups is 1. The zero-order valence-corrected chi connectivity index (χ0v) is 7.60. The molecule has 1 atom stereocenters. The van der Waals surface area contributed by atoms with Gasteiger partial charge in [-0.1, -0.05) is 0 Å². The summed E-state index contributed by atoms with van der Waals surface area (Å²) < 4.78 is 5.30. The molecule has 1 fully saturated rings. The third-order valence-electron chi connectivity index (χ3n) is 1.68. The second kappa shape index (κ2) is 6.22. The van der Waals surface area contributed by atoms with Gasteiger partial charge in [0, 0.05) is 19.5 Å². The number of aliphatic carboxylic acids is 1. The van der Waals surface area contributed by atoms with Crippen molar-refractivity contribution in [1.29, 1.82) is 0 Å². The fourth-order valence-electron chi connectivity index (χ4n) is 1.09. The molecule has 0 aromatic rings. The molecule has 0 saturated carbocycles. The number of carboxylic acids is 1. The van der Waals surface area contributed by atoms with E-state index in [1.165, 1.54) is 0 Å². The maximum absolute atomic E-state index is 10.2. The van der Waals surface area contributed by atoms with E-state index < -0.39 is 5.97 Å². The smallest absolute Gasteiger partial charge is 0.303 e. The van der Waals surface area contributed by atoms with Crippen molar-refractivity contribution in [3.05, 3.63) is 0 Å². The summed E-state index contributed by atoms with van der Waals surface area (Å²) in [5.74, 6) is -0.751. The Morgan fingerprint density at radius 3 is 2.92 bits per heavy atom. The second-order valence-corrected chi connectivity index (χ2v) is 2.63. The molecule has 0 radical (unpaired) electrons. The fourth-order valence-corrected chi connectivity index (χ4v) is 1.09. The first-order chi connectivity index (χ1) is 5.29. The molecule has 0 bridgehead atoms. The van der Waals surface area contributed by atoms with E-state index in [-0.39, 0.29) is 24.9 Å². The lowest BCUT2D eigenvalue weighted by Gasteiger charge is -2.22. The summed E-state index contributed by atoms with van der Waals surface area (Å²) in [6.45, 7) is 2.36. The number of hydrogen-bond acceptors (Lipinski definition) is 3. The van der Waals surface area contributed by atoms with Gasteiger partial charge in [0.05, 0.1) is 12.7 Å². The van der Waals surface area contributed by atoms with Gasteiger partial charge in [-0.3, -0.25) is 4.79 Å². The number of carboxylic acid groups (broad SMARTS) is 1. The minimum Gasteiger partial charge on any atom is -0.481 e. The van der Waals surface area contributed by atoms with E-state index in [1.807, 2.05) is 0 Å². The van der Waals surface area contributed by atoms with Gasteiger partial charge in [0.25, 0.3) is 0 Å². The topological polar surface area (TPSA) is 58.6 Å². The molecule has 1 saturated heterocycles.